The molecular formula is C24H37N3O6. The molecule has 9 heteroatoms. The molecule has 3 amide bonds. The Morgan fingerprint density at radius 1 is 1.15 bits per heavy atom. The number of ether oxygens (including phenoxy) is 3. The van der Waals surface area contributed by atoms with Gasteiger partial charge >= 0.3 is 12.2 Å². The number of carbonyl (C=O) groups excluding carboxylic acids is 3. The van der Waals surface area contributed by atoms with Crippen LogP contribution in [0.2, 0.25) is 0 Å². The van der Waals surface area contributed by atoms with Crippen LogP contribution in [-0.2, 0) is 14.3 Å². The Hall–Kier alpha value is -2.97. The van der Waals surface area contributed by atoms with E-state index in [1.807, 2.05) is 26.8 Å². The molecule has 33 heavy (non-hydrogen) atoms. The smallest absolute Gasteiger partial charge is 0.410 e. The van der Waals surface area contributed by atoms with Gasteiger partial charge in [0.2, 0.25) is 0 Å². The number of amides is 3. The van der Waals surface area contributed by atoms with Crippen LogP contribution in [0.25, 0.3) is 0 Å². The largest absolute Gasteiger partial charge is 0.479 e. The van der Waals surface area contributed by atoms with Crippen molar-refractivity contribution in [2.45, 2.75) is 84.7 Å². The van der Waals surface area contributed by atoms with E-state index in [4.69, 9.17) is 14.2 Å². The van der Waals surface area contributed by atoms with Crippen molar-refractivity contribution in [1.82, 2.24) is 10.2 Å². The van der Waals surface area contributed by atoms with Crippen molar-refractivity contribution in [3.05, 3.63) is 23.8 Å². The van der Waals surface area contributed by atoms with Crippen LogP contribution < -0.4 is 15.4 Å². The molecule has 2 N–H and O–H groups in total. The number of anilines is 1. The van der Waals surface area contributed by atoms with E-state index in [9.17, 15) is 14.4 Å². The fraction of sp³-hybridized carbons (Fsp3) is 0.625. The van der Waals surface area contributed by atoms with Crippen LogP contribution in [0.4, 0.5) is 15.3 Å². The van der Waals surface area contributed by atoms with Crippen molar-refractivity contribution in [2.24, 2.45) is 0 Å². The monoisotopic (exact) mass is 463 g/mol. The summed E-state index contributed by atoms with van der Waals surface area (Å²) in [7, 11) is 1.68. The first kappa shape index (κ1) is 26.3. The van der Waals surface area contributed by atoms with Crippen molar-refractivity contribution < 1.29 is 28.6 Å². The first-order valence-corrected chi connectivity index (χ1v) is 11.2. The predicted octanol–water partition coefficient (Wildman–Crippen LogP) is 4.62. The molecule has 2 rings (SSSR count). The SMILES string of the molecule is CC1Oc2ccc(C(CCCN(C)C(=O)OC(C)(C)C)NC(=O)OC(C)(C)C)cc2NC1=O. The van der Waals surface area contributed by atoms with Crippen molar-refractivity contribution in [3.8, 4) is 5.75 Å². The molecule has 2 unspecified atom stereocenters. The molecule has 2 atom stereocenters. The highest BCUT2D eigenvalue weighted by Gasteiger charge is 2.26. The second-order valence-electron chi connectivity index (χ2n) is 10.2. The van der Waals surface area contributed by atoms with Crippen LogP contribution in [0.3, 0.4) is 0 Å². The lowest BCUT2D eigenvalue weighted by Crippen LogP contribution is -2.37. The van der Waals surface area contributed by atoms with E-state index in [0.29, 0.717) is 30.8 Å². The van der Waals surface area contributed by atoms with E-state index >= 15 is 0 Å². The molecular weight excluding hydrogens is 426 g/mol. The number of hydrogen-bond donors (Lipinski definition) is 2. The molecule has 0 radical (unpaired) electrons. The Morgan fingerprint density at radius 3 is 2.39 bits per heavy atom. The normalized spacial score (nSPS) is 16.6. The van der Waals surface area contributed by atoms with Crippen LogP contribution >= 0.6 is 0 Å². The molecule has 1 heterocycles. The van der Waals surface area contributed by atoms with Gasteiger partial charge in [-0.15, -0.1) is 0 Å². The summed E-state index contributed by atoms with van der Waals surface area (Å²) < 4.78 is 16.4. The average Bonchev–Trinajstić information content (AvgIpc) is 2.65. The van der Waals surface area contributed by atoms with Gasteiger partial charge in [0.1, 0.15) is 17.0 Å². The van der Waals surface area contributed by atoms with Gasteiger partial charge in [0.05, 0.1) is 11.7 Å². The highest BCUT2D eigenvalue weighted by atomic mass is 16.6. The van der Waals surface area contributed by atoms with Gasteiger partial charge in [0.15, 0.2) is 6.10 Å². The van der Waals surface area contributed by atoms with Crippen LogP contribution in [-0.4, -0.2) is 53.9 Å². The topological polar surface area (TPSA) is 106 Å². The number of nitrogens with one attached hydrogen (secondary N) is 2. The molecule has 1 aliphatic heterocycles. The van der Waals surface area contributed by atoms with Crippen LogP contribution in [0.1, 0.15) is 72.9 Å². The number of alkyl carbamates (subject to hydrolysis) is 1. The predicted molar refractivity (Wildman–Crippen MR) is 125 cm³/mol. The zero-order valence-electron chi connectivity index (χ0n) is 20.9. The molecule has 1 aromatic rings. The Kier molecular flexibility index (Phi) is 8.21. The number of hydrogen-bond acceptors (Lipinski definition) is 6. The molecule has 0 fully saturated rings. The van der Waals surface area contributed by atoms with E-state index in [2.05, 4.69) is 10.6 Å². The van der Waals surface area contributed by atoms with Crippen molar-refractivity contribution in [2.75, 3.05) is 18.9 Å². The van der Waals surface area contributed by atoms with Gasteiger partial charge in [-0.1, -0.05) is 6.07 Å². The third-order valence-corrected chi connectivity index (χ3v) is 4.72. The molecule has 0 aromatic heterocycles. The van der Waals surface area contributed by atoms with Gasteiger partial charge in [-0.25, -0.2) is 9.59 Å². The zero-order valence-corrected chi connectivity index (χ0v) is 20.9. The minimum absolute atomic E-state index is 0.227. The Morgan fingerprint density at radius 2 is 1.79 bits per heavy atom. The van der Waals surface area contributed by atoms with Crippen molar-refractivity contribution in [1.29, 1.82) is 0 Å². The van der Waals surface area contributed by atoms with E-state index in [-0.39, 0.29) is 5.91 Å². The lowest BCUT2D eigenvalue weighted by molar-refractivity contribution is -0.122. The number of rotatable bonds is 6. The third-order valence-electron chi connectivity index (χ3n) is 4.72. The first-order chi connectivity index (χ1) is 15.1. The lowest BCUT2D eigenvalue weighted by Gasteiger charge is -2.27. The maximum atomic E-state index is 12.5. The molecule has 0 saturated carbocycles. The third kappa shape index (κ3) is 8.47. The number of benzene rings is 1. The summed E-state index contributed by atoms with van der Waals surface area (Å²) in [4.78, 5) is 38.2. The molecule has 0 spiro atoms. The van der Waals surface area contributed by atoms with Crippen molar-refractivity contribution in [3.63, 3.8) is 0 Å². The van der Waals surface area contributed by atoms with Crippen LogP contribution in [0, 0.1) is 0 Å². The standard InChI is InChI=1S/C24H37N3O6/c1-15-20(28)25-18-14-16(11-12-19(18)31-15)17(26-21(29)32-23(2,3)4)10-9-13-27(8)22(30)33-24(5,6)7/h11-12,14-15,17H,9-10,13H2,1-8H3,(H,25,28)(H,26,29). The molecule has 1 aromatic carbocycles. The van der Waals surface area contributed by atoms with Crippen LogP contribution in [0.5, 0.6) is 5.75 Å². The average molecular weight is 464 g/mol. The van der Waals surface area contributed by atoms with E-state index in [1.54, 1.807) is 46.9 Å². The fourth-order valence-corrected chi connectivity index (χ4v) is 3.18. The Balaban J connectivity index is 2.12. The van der Waals surface area contributed by atoms with E-state index in [0.717, 1.165) is 5.56 Å². The summed E-state index contributed by atoms with van der Waals surface area (Å²) in [5.41, 5.74) is 0.133. The summed E-state index contributed by atoms with van der Waals surface area (Å²) in [6, 6.07) is 5.02. The minimum atomic E-state index is -0.640. The van der Waals surface area contributed by atoms with Gasteiger partial charge in [0, 0.05) is 13.6 Å². The number of carbonyl (C=O) groups is 3. The lowest BCUT2D eigenvalue weighted by atomic mass is 10.0. The molecule has 0 saturated heterocycles. The summed E-state index contributed by atoms with van der Waals surface area (Å²) in [5.74, 6) is 0.349. The summed E-state index contributed by atoms with van der Waals surface area (Å²) in [6.45, 7) is 13.0. The maximum Gasteiger partial charge on any atom is 0.410 e. The quantitative estimate of drug-likeness (QED) is 0.638. The van der Waals surface area contributed by atoms with Crippen LogP contribution in [0.15, 0.2) is 18.2 Å². The maximum absolute atomic E-state index is 12.5. The second-order valence-corrected chi connectivity index (χ2v) is 10.2. The van der Waals surface area contributed by atoms with Crippen molar-refractivity contribution >= 4 is 23.8 Å². The minimum Gasteiger partial charge on any atom is -0.479 e. The molecule has 0 aliphatic carbocycles. The highest BCUT2D eigenvalue weighted by Crippen LogP contribution is 2.33. The first-order valence-electron chi connectivity index (χ1n) is 11.2. The second kappa shape index (κ2) is 10.3. The number of nitrogens with zero attached hydrogens (tertiary/aromatic N) is 1. The molecule has 1 aliphatic rings. The zero-order chi connectivity index (χ0) is 25.0. The highest BCUT2D eigenvalue weighted by molar-refractivity contribution is 5.97. The molecule has 9 nitrogen and oxygen atoms in total. The number of fused-ring (bicyclic) bond motifs is 1. The van der Waals surface area contributed by atoms with Gasteiger partial charge in [-0.2, -0.15) is 0 Å². The molecule has 184 valence electrons. The van der Waals surface area contributed by atoms with E-state index in [1.165, 1.54) is 4.90 Å². The van der Waals surface area contributed by atoms with Gasteiger partial charge in [-0.3, -0.25) is 4.79 Å². The molecule has 0 bridgehead atoms. The summed E-state index contributed by atoms with van der Waals surface area (Å²) in [5, 5.41) is 5.74. The summed E-state index contributed by atoms with van der Waals surface area (Å²) in [6.07, 6.45) is -0.368. The van der Waals surface area contributed by atoms with Gasteiger partial charge < -0.3 is 29.7 Å². The summed E-state index contributed by atoms with van der Waals surface area (Å²) >= 11 is 0. The Bertz CT molecular complexity index is 872. The fourth-order valence-electron chi connectivity index (χ4n) is 3.18. The Labute approximate surface area is 196 Å². The van der Waals surface area contributed by atoms with E-state index < -0.39 is 35.5 Å². The van der Waals surface area contributed by atoms with Gasteiger partial charge in [0.25, 0.3) is 5.91 Å². The van der Waals surface area contributed by atoms with Gasteiger partial charge in [-0.05, 0) is 79.0 Å².